The third-order valence-corrected chi connectivity index (χ3v) is 3.23. The van der Waals surface area contributed by atoms with Crippen LogP contribution < -0.4 is 10.1 Å². The second-order valence-electron chi connectivity index (χ2n) is 4.35. The number of ether oxygens (including phenoxy) is 1. The summed E-state index contributed by atoms with van der Waals surface area (Å²) in [5.41, 5.74) is 1.29. The van der Waals surface area contributed by atoms with E-state index in [0.29, 0.717) is 28.5 Å². The van der Waals surface area contributed by atoms with Gasteiger partial charge in [0.1, 0.15) is 11.6 Å². The van der Waals surface area contributed by atoms with Gasteiger partial charge in [-0.25, -0.2) is 4.39 Å². The van der Waals surface area contributed by atoms with Gasteiger partial charge in [-0.2, -0.15) is 0 Å². The Labute approximate surface area is 127 Å². The Hall–Kier alpha value is -2.07. The summed E-state index contributed by atoms with van der Waals surface area (Å²) in [5.74, 6) is -0.432. The van der Waals surface area contributed by atoms with E-state index in [1.807, 2.05) is 6.92 Å². The molecule has 1 N–H and O–H groups in total. The minimum Gasteiger partial charge on any atom is -0.493 e. The third kappa shape index (κ3) is 3.34. The number of halogens is 2. The van der Waals surface area contributed by atoms with Crippen molar-refractivity contribution in [2.75, 3.05) is 13.7 Å². The molecule has 0 fully saturated rings. The summed E-state index contributed by atoms with van der Waals surface area (Å²) in [6, 6.07) is 9.58. The van der Waals surface area contributed by atoms with Crippen LogP contribution in [0.1, 0.15) is 17.3 Å². The highest BCUT2D eigenvalue weighted by Gasteiger charge is 2.13. The van der Waals surface area contributed by atoms with E-state index in [4.69, 9.17) is 16.3 Å². The highest BCUT2D eigenvalue weighted by atomic mass is 35.5. The molecule has 0 saturated carbocycles. The van der Waals surface area contributed by atoms with Crippen LogP contribution in [-0.4, -0.2) is 19.6 Å². The lowest BCUT2D eigenvalue weighted by atomic mass is 10.0. The number of carbonyl (C=O) groups is 1. The maximum Gasteiger partial charge on any atom is 0.253 e. The predicted octanol–water partition coefficient (Wildman–Crippen LogP) is 3.90. The lowest BCUT2D eigenvalue weighted by Gasteiger charge is -2.12. The first-order chi connectivity index (χ1) is 10.1. The van der Waals surface area contributed by atoms with Gasteiger partial charge < -0.3 is 10.1 Å². The van der Waals surface area contributed by atoms with Gasteiger partial charge in [0.15, 0.2) is 0 Å². The van der Waals surface area contributed by atoms with Gasteiger partial charge in [0, 0.05) is 17.6 Å². The van der Waals surface area contributed by atoms with Crippen molar-refractivity contribution < 1.29 is 13.9 Å². The molecule has 0 aliphatic carbocycles. The highest BCUT2D eigenvalue weighted by molar-refractivity contribution is 6.31. The fourth-order valence-corrected chi connectivity index (χ4v) is 2.18. The summed E-state index contributed by atoms with van der Waals surface area (Å²) in [4.78, 5) is 11.5. The van der Waals surface area contributed by atoms with Gasteiger partial charge in [-0.15, -0.1) is 0 Å². The SMILES string of the molecule is CCOc1ccc(Cl)cc1-c1ccc(C(=O)NC)c(F)c1. The van der Waals surface area contributed by atoms with Crippen molar-refractivity contribution in [2.24, 2.45) is 0 Å². The number of benzene rings is 2. The predicted molar refractivity (Wildman–Crippen MR) is 81.4 cm³/mol. The normalized spacial score (nSPS) is 10.3. The molecular weight excluding hydrogens is 293 g/mol. The highest BCUT2D eigenvalue weighted by Crippen LogP contribution is 2.33. The fourth-order valence-electron chi connectivity index (χ4n) is 2.01. The first-order valence-corrected chi connectivity index (χ1v) is 6.89. The van der Waals surface area contributed by atoms with Gasteiger partial charge >= 0.3 is 0 Å². The molecule has 110 valence electrons. The van der Waals surface area contributed by atoms with E-state index in [1.54, 1.807) is 24.3 Å². The van der Waals surface area contributed by atoms with Gasteiger partial charge in [0.05, 0.1) is 12.2 Å². The summed E-state index contributed by atoms with van der Waals surface area (Å²) >= 11 is 6.00. The van der Waals surface area contributed by atoms with E-state index in [2.05, 4.69) is 5.32 Å². The standard InChI is InChI=1S/C16H15ClFNO2/c1-3-21-15-7-5-11(17)9-13(15)10-4-6-12(14(18)8-10)16(20)19-2/h4-9H,3H2,1-2H3,(H,19,20). The molecule has 2 rings (SSSR count). The third-order valence-electron chi connectivity index (χ3n) is 2.99. The van der Waals surface area contributed by atoms with E-state index in [1.165, 1.54) is 19.2 Å². The number of nitrogens with one attached hydrogen (secondary N) is 1. The van der Waals surface area contributed by atoms with Gasteiger partial charge in [-0.05, 0) is 42.8 Å². The molecule has 0 heterocycles. The summed E-state index contributed by atoms with van der Waals surface area (Å²) in [6.07, 6.45) is 0. The van der Waals surface area contributed by atoms with E-state index in [-0.39, 0.29) is 5.56 Å². The molecule has 0 saturated heterocycles. The Kier molecular flexibility index (Phi) is 4.81. The molecule has 0 unspecified atom stereocenters. The number of hydrogen-bond acceptors (Lipinski definition) is 2. The minimum absolute atomic E-state index is 0.00115. The fraction of sp³-hybridized carbons (Fsp3) is 0.188. The first kappa shape index (κ1) is 15.3. The molecule has 0 atom stereocenters. The molecule has 3 nitrogen and oxygen atoms in total. The second-order valence-corrected chi connectivity index (χ2v) is 4.78. The zero-order valence-electron chi connectivity index (χ0n) is 11.7. The zero-order valence-corrected chi connectivity index (χ0v) is 12.5. The van der Waals surface area contributed by atoms with Gasteiger partial charge in [0.2, 0.25) is 0 Å². The summed E-state index contributed by atoms with van der Waals surface area (Å²) < 4.78 is 19.6. The second kappa shape index (κ2) is 6.59. The summed E-state index contributed by atoms with van der Waals surface area (Å²) in [7, 11) is 1.46. The topological polar surface area (TPSA) is 38.3 Å². The van der Waals surface area contributed by atoms with Crippen molar-refractivity contribution in [1.82, 2.24) is 5.32 Å². The lowest BCUT2D eigenvalue weighted by molar-refractivity contribution is 0.0959. The Morgan fingerprint density at radius 3 is 2.67 bits per heavy atom. The molecule has 0 spiro atoms. The first-order valence-electron chi connectivity index (χ1n) is 6.51. The van der Waals surface area contributed by atoms with E-state index in [9.17, 15) is 9.18 Å². The molecule has 5 heteroatoms. The minimum atomic E-state index is -0.589. The molecule has 0 aliphatic heterocycles. The smallest absolute Gasteiger partial charge is 0.253 e. The van der Waals surface area contributed by atoms with Crippen LogP contribution in [0.4, 0.5) is 4.39 Å². The Morgan fingerprint density at radius 2 is 2.05 bits per heavy atom. The van der Waals surface area contributed by atoms with E-state index >= 15 is 0 Å². The molecule has 1 amide bonds. The van der Waals surface area contributed by atoms with Crippen molar-refractivity contribution >= 4 is 17.5 Å². The number of hydrogen-bond donors (Lipinski definition) is 1. The molecule has 2 aromatic carbocycles. The van der Waals surface area contributed by atoms with Crippen molar-refractivity contribution in [1.29, 1.82) is 0 Å². The molecule has 0 aromatic heterocycles. The van der Waals surface area contributed by atoms with Crippen LogP contribution in [0.25, 0.3) is 11.1 Å². The Bertz CT molecular complexity index is 673. The molecule has 0 radical (unpaired) electrons. The Morgan fingerprint density at radius 1 is 1.29 bits per heavy atom. The quantitative estimate of drug-likeness (QED) is 0.930. The Balaban J connectivity index is 2.49. The molecule has 0 aliphatic rings. The lowest BCUT2D eigenvalue weighted by Crippen LogP contribution is -2.19. The maximum atomic E-state index is 14.1. The van der Waals surface area contributed by atoms with E-state index in [0.717, 1.165) is 0 Å². The molecule has 2 aromatic rings. The number of amides is 1. The average Bonchev–Trinajstić information content (AvgIpc) is 2.48. The van der Waals surface area contributed by atoms with Crippen molar-refractivity contribution in [3.05, 3.63) is 52.8 Å². The average molecular weight is 308 g/mol. The van der Waals surface area contributed by atoms with Crippen LogP contribution in [0.2, 0.25) is 5.02 Å². The molecule has 21 heavy (non-hydrogen) atoms. The zero-order chi connectivity index (χ0) is 15.4. The number of rotatable bonds is 4. The van der Waals surface area contributed by atoms with Crippen LogP contribution >= 0.6 is 11.6 Å². The van der Waals surface area contributed by atoms with Gasteiger partial charge in [-0.3, -0.25) is 4.79 Å². The van der Waals surface area contributed by atoms with E-state index < -0.39 is 11.7 Å². The van der Waals surface area contributed by atoms with Crippen LogP contribution in [0.3, 0.4) is 0 Å². The maximum absolute atomic E-state index is 14.1. The van der Waals surface area contributed by atoms with Crippen molar-refractivity contribution in [3.8, 4) is 16.9 Å². The van der Waals surface area contributed by atoms with Gasteiger partial charge in [0.25, 0.3) is 5.91 Å². The molecular formula is C16H15ClFNO2. The van der Waals surface area contributed by atoms with Crippen LogP contribution in [-0.2, 0) is 0 Å². The van der Waals surface area contributed by atoms with Crippen LogP contribution in [0.15, 0.2) is 36.4 Å². The largest absolute Gasteiger partial charge is 0.493 e. The van der Waals surface area contributed by atoms with Crippen LogP contribution in [0, 0.1) is 5.82 Å². The van der Waals surface area contributed by atoms with Crippen LogP contribution in [0.5, 0.6) is 5.75 Å². The number of carbonyl (C=O) groups excluding carboxylic acids is 1. The van der Waals surface area contributed by atoms with Gasteiger partial charge in [-0.1, -0.05) is 17.7 Å². The monoisotopic (exact) mass is 307 g/mol. The summed E-state index contributed by atoms with van der Waals surface area (Å²) in [6.45, 7) is 2.36. The summed E-state index contributed by atoms with van der Waals surface area (Å²) in [5, 5.41) is 2.93. The van der Waals surface area contributed by atoms with Crippen molar-refractivity contribution in [2.45, 2.75) is 6.92 Å². The molecule has 0 bridgehead atoms. The van der Waals surface area contributed by atoms with Crippen molar-refractivity contribution in [3.63, 3.8) is 0 Å².